The average molecular weight is 580 g/mol. The first-order chi connectivity index (χ1) is 19.9. The van der Waals surface area contributed by atoms with Gasteiger partial charge in [0.15, 0.2) is 6.10 Å². The van der Waals surface area contributed by atoms with Gasteiger partial charge in [-0.2, -0.15) is 0 Å². The Kier molecular flexibility index (Phi) is 7.87. The fourth-order valence-electron chi connectivity index (χ4n) is 7.44. The molecule has 1 aromatic heterocycles. The Morgan fingerprint density at radius 2 is 1.60 bits per heavy atom. The highest BCUT2D eigenvalue weighted by Gasteiger charge is 2.78. The van der Waals surface area contributed by atoms with Gasteiger partial charge in [-0.15, -0.1) is 0 Å². The molecule has 2 saturated carbocycles. The van der Waals surface area contributed by atoms with Crippen LogP contribution in [0.5, 0.6) is 0 Å². The van der Waals surface area contributed by atoms with E-state index in [1.807, 2.05) is 20.8 Å². The number of carbonyl (C=O) groups excluding carboxylic acids is 4. The van der Waals surface area contributed by atoms with E-state index in [2.05, 4.69) is 4.98 Å². The monoisotopic (exact) mass is 579 g/mol. The largest absolute Gasteiger partial charge is 0.461 e. The lowest BCUT2D eigenvalue weighted by Gasteiger charge is -2.62. The highest BCUT2D eigenvalue weighted by atomic mass is 16.6. The van der Waals surface area contributed by atoms with Crippen molar-refractivity contribution in [2.45, 2.75) is 83.4 Å². The predicted octanol–water partition coefficient (Wildman–Crippen LogP) is 4.31. The van der Waals surface area contributed by atoms with E-state index in [0.717, 1.165) is 0 Å². The predicted molar refractivity (Wildman–Crippen MR) is 148 cm³/mol. The third-order valence-electron chi connectivity index (χ3n) is 9.27. The zero-order chi connectivity index (χ0) is 30.3. The van der Waals surface area contributed by atoms with Gasteiger partial charge in [0.05, 0.1) is 22.3 Å². The number of aromatic nitrogens is 1. The molecule has 1 saturated heterocycles. The van der Waals surface area contributed by atoms with Gasteiger partial charge in [0.2, 0.25) is 0 Å². The maximum Gasteiger partial charge on any atom is 0.339 e. The number of carbonyl (C=O) groups is 4. The van der Waals surface area contributed by atoms with E-state index in [0.29, 0.717) is 24.8 Å². The van der Waals surface area contributed by atoms with Crippen molar-refractivity contribution in [1.29, 1.82) is 0 Å². The molecule has 1 aliphatic heterocycles. The lowest BCUT2D eigenvalue weighted by molar-refractivity contribution is -0.297. The third kappa shape index (κ3) is 5.06. The van der Waals surface area contributed by atoms with Gasteiger partial charge in [-0.25, -0.2) is 9.59 Å². The molecule has 3 fully saturated rings. The number of nitrogens with zero attached hydrogens (tertiary/aromatic N) is 1. The number of ether oxygens (including phenoxy) is 5. The molecule has 7 atom stereocenters. The summed E-state index contributed by atoms with van der Waals surface area (Å²) >= 11 is 0. The average Bonchev–Trinajstić information content (AvgIpc) is 3.18. The molecule has 0 amide bonds. The molecular formula is C32H37NO9. The second-order valence-corrected chi connectivity index (χ2v) is 12.2. The molecule has 1 aromatic carbocycles. The fraction of sp³-hybridized carbons (Fsp3) is 0.531. The molecule has 10 heteroatoms. The van der Waals surface area contributed by atoms with Gasteiger partial charge in [0.1, 0.15) is 24.2 Å². The molecule has 0 N–H and O–H groups in total. The maximum absolute atomic E-state index is 13.6. The van der Waals surface area contributed by atoms with Crippen LogP contribution in [0.3, 0.4) is 0 Å². The Labute approximate surface area is 245 Å². The molecule has 2 aromatic rings. The lowest BCUT2D eigenvalue weighted by atomic mass is 9.49. The van der Waals surface area contributed by atoms with E-state index in [1.165, 1.54) is 20.0 Å². The molecule has 42 heavy (non-hydrogen) atoms. The number of hydrogen-bond acceptors (Lipinski definition) is 10. The smallest absolute Gasteiger partial charge is 0.339 e. The number of rotatable bonds is 7. The summed E-state index contributed by atoms with van der Waals surface area (Å²) < 4.78 is 31.1. The summed E-state index contributed by atoms with van der Waals surface area (Å²) in [5.41, 5.74) is -2.52. The van der Waals surface area contributed by atoms with Crippen LogP contribution < -0.4 is 0 Å². The van der Waals surface area contributed by atoms with Gasteiger partial charge in [0, 0.05) is 26.2 Å². The van der Waals surface area contributed by atoms with Crippen molar-refractivity contribution in [2.24, 2.45) is 17.3 Å². The van der Waals surface area contributed by atoms with Crippen molar-refractivity contribution in [3.63, 3.8) is 0 Å². The second kappa shape index (κ2) is 11.1. The van der Waals surface area contributed by atoms with Crippen LogP contribution >= 0.6 is 0 Å². The topological polar surface area (TPSA) is 127 Å². The summed E-state index contributed by atoms with van der Waals surface area (Å²) in [5, 5.41) is 0. The van der Waals surface area contributed by atoms with Crippen LogP contribution in [-0.2, 0) is 33.3 Å². The second-order valence-electron chi connectivity index (χ2n) is 12.2. The summed E-state index contributed by atoms with van der Waals surface area (Å²) in [6.07, 6.45) is 1.22. The Morgan fingerprint density at radius 1 is 0.905 bits per heavy atom. The standard InChI is InChI=1S/C32H37NO9/c1-19-14-25(39-20(2)34)27(40-21(3)35)31(18-38-28(36)23-12-9-13-33-17-23)26(41-29(37)22-10-7-6-8-11-22)15-24-16-32(19,31)42-30(24,4)5/h6-13,17,19,24-27H,14-16,18H2,1-5H3/t19-,24-,25+,26+,27+,31-,32+/m1/s1. The third-order valence-corrected chi connectivity index (χ3v) is 9.27. The summed E-state index contributed by atoms with van der Waals surface area (Å²) in [6, 6.07) is 11.8. The summed E-state index contributed by atoms with van der Waals surface area (Å²) in [5.74, 6) is -2.66. The lowest BCUT2D eigenvalue weighted by Crippen LogP contribution is -2.74. The first kappa shape index (κ1) is 29.7. The van der Waals surface area contributed by atoms with Gasteiger partial charge in [-0.1, -0.05) is 25.1 Å². The molecule has 0 radical (unpaired) electrons. The molecule has 1 spiro atoms. The Hall–Kier alpha value is -3.79. The van der Waals surface area contributed by atoms with E-state index < -0.39 is 58.8 Å². The van der Waals surface area contributed by atoms with Crippen molar-refractivity contribution in [3.05, 3.63) is 66.0 Å². The van der Waals surface area contributed by atoms with Gasteiger partial charge < -0.3 is 23.7 Å². The summed E-state index contributed by atoms with van der Waals surface area (Å²) in [4.78, 5) is 55.9. The number of hydrogen-bond donors (Lipinski definition) is 0. The van der Waals surface area contributed by atoms with E-state index >= 15 is 0 Å². The van der Waals surface area contributed by atoms with Crippen molar-refractivity contribution in [2.75, 3.05) is 6.61 Å². The van der Waals surface area contributed by atoms with Crippen molar-refractivity contribution in [3.8, 4) is 0 Å². The Bertz CT molecular complexity index is 1350. The first-order valence-electron chi connectivity index (χ1n) is 14.3. The van der Waals surface area contributed by atoms with Crippen LogP contribution in [0.15, 0.2) is 54.9 Å². The molecule has 2 heterocycles. The summed E-state index contributed by atoms with van der Waals surface area (Å²) in [7, 11) is 0. The molecule has 0 unspecified atom stereocenters. The van der Waals surface area contributed by atoms with Crippen LogP contribution in [0, 0.1) is 17.3 Å². The molecule has 10 nitrogen and oxygen atoms in total. The number of fused-ring (bicyclic) bond motifs is 1. The zero-order valence-corrected chi connectivity index (χ0v) is 24.5. The van der Waals surface area contributed by atoms with E-state index in [4.69, 9.17) is 23.7 Å². The van der Waals surface area contributed by atoms with Crippen molar-refractivity contribution >= 4 is 23.9 Å². The molecule has 2 aliphatic carbocycles. The maximum atomic E-state index is 13.6. The zero-order valence-electron chi connectivity index (χ0n) is 24.5. The van der Waals surface area contributed by atoms with Crippen molar-refractivity contribution in [1.82, 2.24) is 4.98 Å². The highest BCUT2D eigenvalue weighted by molar-refractivity contribution is 5.90. The van der Waals surface area contributed by atoms with E-state index in [9.17, 15) is 19.2 Å². The van der Waals surface area contributed by atoms with Gasteiger partial charge in [0.25, 0.3) is 0 Å². The van der Waals surface area contributed by atoms with E-state index in [1.54, 1.807) is 48.7 Å². The normalized spacial score (nSPS) is 32.6. The minimum atomic E-state index is -1.41. The number of esters is 4. The Morgan fingerprint density at radius 3 is 2.24 bits per heavy atom. The minimum Gasteiger partial charge on any atom is -0.461 e. The van der Waals surface area contributed by atoms with Crippen LogP contribution in [0.4, 0.5) is 0 Å². The quantitative estimate of drug-likeness (QED) is 0.346. The molecule has 2 bridgehead atoms. The first-order valence-corrected chi connectivity index (χ1v) is 14.3. The van der Waals surface area contributed by atoms with Crippen LogP contribution in [0.1, 0.15) is 74.6 Å². The Balaban J connectivity index is 1.67. The van der Waals surface area contributed by atoms with Crippen LogP contribution in [0.2, 0.25) is 0 Å². The SMILES string of the molecule is CC(=O)O[C@H]1C[C@@H](C)[C@@]23C[C@@H](C[C@H](OC(=O)c4ccccc4)[C@]2(COC(=O)c2cccnc2)[C@H]1OC(C)=O)C(C)(C)O3. The van der Waals surface area contributed by atoms with Crippen LogP contribution in [-0.4, -0.2) is 65.0 Å². The van der Waals surface area contributed by atoms with Gasteiger partial charge in [-0.05, 0) is 69.2 Å². The van der Waals surface area contributed by atoms with Crippen molar-refractivity contribution < 1.29 is 42.9 Å². The molecule has 5 rings (SSSR count). The minimum absolute atomic E-state index is 0.0149. The number of benzene rings is 1. The van der Waals surface area contributed by atoms with Gasteiger partial charge in [-0.3, -0.25) is 14.6 Å². The fourth-order valence-corrected chi connectivity index (χ4v) is 7.44. The number of pyridine rings is 1. The summed E-state index contributed by atoms with van der Waals surface area (Å²) in [6.45, 7) is 8.20. The van der Waals surface area contributed by atoms with Gasteiger partial charge >= 0.3 is 23.9 Å². The van der Waals surface area contributed by atoms with Crippen LogP contribution in [0.25, 0.3) is 0 Å². The molecule has 3 aliphatic rings. The molecular weight excluding hydrogens is 542 g/mol. The highest BCUT2D eigenvalue weighted by Crippen LogP contribution is 2.67. The van der Waals surface area contributed by atoms with E-state index in [-0.39, 0.29) is 24.0 Å². The molecule has 224 valence electrons.